The Morgan fingerprint density at radius 3 is 3.00 bits per heavy atom. The van der Waals surface area contributed by atoms with Gasteiger partial charge >= 0.3 is 0 Å². The first kappa shape index (κ1) is 9.91. The van der Waals surface area contributed by atoms with Gasteiger partial charge in [0.2, 0.25) is 5.91 Å². The molecule has 0 aliphatic heterocycles. The first-order chi connectivity index (χ1) is 7.08. The summed E-state index contributed by atoms with van der Waals surface area (Å²) < 4.78 is 2.00. The van der Waals surface area contributed by atoms with Crippen molar-refractivity contribution in [1.82, 2.24) is 14.6 Å². The van der Waals surface area contributed by atoms with E-state index in [-0.39, 0.29) is 5.91 Å². The number of nitrogens with two attached hydrogens (primary N) is 1. The van der Waals surface area contributed by atoms with E-state index in [0.29, 0.717) is 21.9 Å². The number of nitrogens with one attached hydrogen (secondary N) is 1. The molecule has 3 N–H and O–H groups in total. The maximum atomic E-state index is 11.0. The first-order valence-corrected chi connectivity index (χ1v) is 4.95. The Balaban J connectivity index is 2.65. The van der Waals surface area contributed by atoms with Crippen molar-refractivity contribution in [3.8, 4) is 0 Å². The van der Waals surface area contributed by atoms with Gasteiger partial charge in [-0.05, 0) is 28.1 Å². The molecule has 0 bridgehead atoms. The minimum absolute atomic E-state index is 0.193. The number of anilines is 2. The predicted molar refractivity (Wildman–Crippen MR) is 59.4 cm³/mol. The van der Waals surface area contributed by atoms with Crippen molar-refractivity contribution in [1.29, 1.82) is 0 Å². The Morgan fingerprint density at radius 1 is 1.60 bits per heavy atom. The molecule has 2 aromatic rings. The van der Waals surface area contributed by atoms with Crippen LogP contribution in [0.5, 0.6) is 0 Å². The van der Waals surface area contributed by atoms with Gasteiger partial charge in [0.15, 0.2) is 16.1 Å². The Labute approximate surface area is 93.6 Å². The molecule has 7 heteroatoms. The normalized spacial score (nSPS) is 10.5. The molecule has 0 aliphatic rings. The van der Waals surface area contributed by atoms with E-state index in [1.165, 1.54) is 11.4 Å². The molecule has 2 rings (SSSR count). The van der Waals surface area contributed by atoms with Crippen molar-refractivity contribution in [2.24, 2.45) is 0 Å². The summed E-state index contributed by atoms with van der Waals surface area (Å²) in [5.74, 6) is 0.644. The summed E-state index contributed by atoms with van der Waals surface area (Å²) in [6.07, 6.45) is 0. The van der Waals surface area contributed by atoms with Gasteiger partial charge in [-0.3, -0.25) is 4.79 Å². The number of nitrogens with zero attached hydrogens (tertiary/aromatic N) is 3. The second kappa shape index (κ2) is 3.50. The number of rotatable bonds is 1. The van der Waals surface area contributed by atoms with Crippen molar-refractivity contribution in [2.45, 2.75) is 6.92 Å². The Kier molecular flexibility index (Phi) is 2.31. The van der Waals surface area contributed by atoms with Crippen LogP contribution in [0, 0.1) is 0 Å². The molecule has 0 atom stereocenters. The van der Waals surface area contributed by atoms with E-state index in [9.17, 15) is 4.79 Å². The molecule has 2 aromatic heterocycles. The van der Waals surface area contributed by atoms with Crippen LogP contribution < -0.4 is 11.1 Å². The largest absolute Gasteiger partial charge is 0.382 e. The molecule has 0 radical (unpaired) electrons. The van der Waals surface area contributed by atoms with Gasteiger partial charge in [0.05, 0.1) is 0 Å². The number of hydrogen-bond acceptors (Lipinski definition) is 4. The van der Waals surface area contributed by atoms with Gasteiger partial charge in [-0.15, -0.1) is 5.10 Å². The molecular formula is C8H8BrN5O. The summed E-state index contributed by atoms with van der Waals surface area (Å²) in [4.78, 5) is 15.1. The van der Waals surface area contributed by atoms with Gasteiger partial charge in [-0.25, -0.2) is 4.98 Å². The summed E-state index contributed by atoms with van der Waals surface area (Å²) in [7, 11) is 0. The third-order valence-corrected chi connectivity index (χ3v) is 2.30. The number of aromatic nitrogens is 3. The minimum Gasteiger partial charge on any atom is -0.382 e. The molecule has 1 amide bonds. The fourth-order valence-electron chi connectivity index (χ4n) is 1.19. The van der Waals surface area contributed by atoms with E-state index in [1.807, 2.05) is 0 Å². The second-order valence-corrected chi connectivity index (χ2v) is 3.71. The van der Waals surface area contributed by atoms with E-state index < -0.39 is 0 Å². The van der Waals surface area contributed by atoms with Crippen LogP contribution in [-0.2, 0) is 4.79 Å². The first-order valence-electron chi connectivity index (χ1n) is 4.16. The van der Waals surface area contributed by atoms with Gasteiger partial charge in [0, 0.05) is 6.92 Å². The van der Waals surface area contributed by atoms with Gasteiger partial charge in [0.1, 0.15) is 5.82 Å². The maximum Gasteiger partial charge on any atom is 0.222 e. The summed E-state index contributed by atoms with van der Waals surface area (Å²) in [6, 6.07) is 3.37. The van der Waals surface area contributed by atoms with Crippen LogP contribution in [-0.4, -0.2) is 20.5 Å². The number of nitrogen functional groups attached to an aromatic ring is 1. The smallest absolute Gasteiger partial charge is 0.222 e. The van der Waals surface area contributed by atoms with E-state index >= 15 is 0 Å². The summed E-state index contributed by atoms with van der Waals surface area (Å²) in [6.45, 7) is 1.41. The van der Waals surface area contributed by atoms with E-state index in [2.05, 4.69) is 31.3 Å². The Bertz CT molecular complexity index is 535. The van der Waals surface area contributed by atoms with Crippen molar-refractivity contribution in [3.63, 3.8) is 0 Å². The highest BCUT2D eigenvalue weighted by molar-refractivity contribution is 9.10. The standard InChI is InChI=1S/C8H8BrN5O/c1-4(15)11-8-7(9)12-6-3-2-5(10)13-14(6)8/h2-3H,1H3,(H2,10,13)(H,11,15). The number of halogens is 1. The minimum atomic E-state index is -0.193. The molecule has 0 aromatic carbocycles. The fourth-order valence-corrected chi connectivity index (χ4v) is 1.64. The van der Waals surface area contributed by atoms with E-state index in [0.717, 1.165) is 0 Å². The molecular weight excluding hydrogens is 262 g/mol. The molecule has 0 saturated heterocycles. The summed E-state index contributed by atoms with van der Waals surface area (Å²) >= 11 is 3.24. The summed E-state index contributed by atoms with van der Waals surface area (Å²) in [5.41, 5.74) is 6.16. The average molecular weight is 270 g/mol. The summed E-state index contributed by atoms with van der Waals surface area (Å²) in [5, 5.41) is 6.66. The van der Waals surface area contributed by atoms with Crippen molar-refractivity contribution >= 4 is 39.1 Å². The zero-order chi connectivity index (χ0) is 11.0. The van der Waals surface area contributed by atoms with Gasteiger partial charge in [0.25, 0.3) is 0 Å². The number of imidazole rings is 1. The van der Waals surface area contributed by atoms with E-state index in [1.54, 1.807) is 12.1 Å². The zero-order valence-corrected chi connectivity index (χ0v) is 9.45. The Morgan fingerprint density at radius 2 is 2.33 bits per heavy atom. The number of hydrogen-bond donors (Lipinski definition) is 2. The highest BCUT2D eigenvalue weighted by Crippen LogP contribution is 2.22. The number of carbonyl (C=O) groups excluding carboxylic acids is 1. The number of carbonyl (C=O) groups is 1. The van der Waals surface area contributed by atoms with Gasteiger partial charge in [-0.2, -0.15) is 4.52 Å². The van der Waals surface area contributed by atoms with Crippen LogP contribution in [0.15, 0.2) is 16.7 Å². The monoisotopic (exact) mass is 269 g/mol. The molecule has 0 fully saturated rings. The number of amides is 1. The van der Waals surface area contributed by atoms with Gasteiger partial charge in [-0.1, -0.05) is 0 Å². The van der Waals surface area contributed by atoms with Crippen LogP contribution in [0.4, 0.5) is 11.6 Å². The van der Waals surface area contributed by atoms with Crippen LogP contribution in [0.1, 0.15) is 6.92 Å². The van der Waals surface area contributed by atoms with Crippen LogP contribution in [0.3, 0.4) is 0 Å². The quantitative estimate of drug-likeness (QED) is 0.810. The third-order valence-electron chi connectivity index (χ3n) is 1.75. The predicted octanol–water partition coefficient (Wildman–Crippen LogP) is 1.03. The molecule has 2 heterocycles. The van der Waals surface area contributed by atoms with Crippen molar-refractivity contribution < 1.29 is 4.79 Å². The maximum absolute atomic E-state index is 11.0. The lowest BCUT2D eigenvalue weighted by atomic mass is 10.5. The van der Waals surface area contributed by atoms with Crippen molar-refractivity contribution in [2.75, 3.05) is 11.1 Å². The molecule has 78 valence electrons. The van der Waals surface area contributed by atoms with Crippen LogP contribution >= 0.6 is 15.9 Å². The van der Waals surface area contributed by atoms with E-state index in [4.69, 9.17) is 5.73 Å². The zero-order valence-electron chi connectivity index (χ0n) is 7.86. The Hall–Kier alpha value is -1.63. The topological polar surface area (TPSA) is 85.3 Å². The molecule has 0 unspecified atom stereocenters. The molecule has 0 spiro atoms. The molecule has 0 saturated carbocycles. The highest BCUT2D eigenvalue weighted by atomic mass is 79.9. The number of fused-ring (bicyclic) bond motifs is 1. The van der Waals surface area contributed by atoms with Gasteiger partial charge < -0.3 is 11.1 Å². The highest BCUT2D eigenvalue weighted by Gasteiger charge is 2.11. The SMILES string of the molecule is CC(=O)Nc1c(Br)nc2ccc(N)nn12. The lowest BCUT2D eigenvalue weighted by molar-refractivity contribution is -0.114. The van der Waals surface area contributed by atoms with Crippen LogP contribution in [0.2, 0.25) is 0 Å². The lowest BCUT2D eigenvalue weighted by Crippen LogP contribution is -2.10. The molecule has 0 aliphatic carbocycles. The fraction of sp³-hybridized carbons (Fsp3) is 0.125. The molecule has 6 nitrogen and oxygen atoms in total. The third kappa shape index (κ3) is 1.78. The van der Waals surface area contributed by atoms with Crippen molar-refractivity contribution in [3.05, 3.63) is 16.7 Å². The lowest BCUT2D eigenvalue weighted by Gasteiger charge is -2.01. The van der Waals surface area contributed by atoms with Crippen LogP contribution in [0.25, 0.3) is 5.65 Å². The molecule has 15 heavy (non-hydrogen) atoms. The average Bonchev–Trinajstić information content (AvgIpc) is 2.43. The second-order valence-electron chi connectivity index (χ2n) is 2.96.